The second-order valence-corrected chi connectivity index (χ2v) is 7.35. The number of nitrogens with one attached hydrogen (secondary N) is 1. The van der Waals surface area contributed by atoms with E-state index in [1.54, 1.807) is 0 Å². The Labute approximate surface area is 153 Å². The van der Waals surface area contributed by atoms with Crippen LogP contribution in [0.4, 0.5) is 0 Å². The van der Waals surface area contributed by atoms with E-state index < -0.39 is 0 Å². The first-order valence-corrected chi connectivity index (χ1v) is 9.60. The first-order valence-electron chi connectivity index (χ1n) is 9.60. The molecule has 1 aromatic carbocycles. The highest BCUT2D eigenvalue weighted by atomic mass is 16.5. The molecular weight excluding hydrogens is 330 g/mol. The third kappa shape index (κ3) is 3.74. The number of rotatable bonds is 4. The van der Waals surface area contributed by atoms with Crippen LogP contribution >= 0.6 is 0 Å². The van der Waals surface area contributed by atoms with Gasteiger partial charge in [0.15, 0.2) is 0 Å². The summed E-state index contributed by atoms with van der Waals surface area (Å²) in [5.74, 6) is 1.86. The highest BCUT2D eigenvalue weighted by Crippen LogP contribution is 2.33. The van der Waals surface area contributed by atoms with E-state index >= 15 is 0 Å². The quantitative estimate of drug-likeness (QED) is 0.893. The van der Waals surface area contributed by atoms with Gasteiger partial charge in [-0.3, -0.25) is 4.79 Å². The van der Waals surface area contributed by atoms with Crippen molar-refractivity contribution >= 4 is 5.91 Å². The molecule has 1 aliphatic heterocycles. The lowest BCUT2D eigenvalue weighted by Crippen LogP contribution is -2.26. The van der Waals surface area contributed by atoms with Crippen molar-refractivity contribution in [2.45, 2.75) is 70.4 Å². The summed E-state index contributed by atoms with van der Waals surface area (Å²) in [6.07, 6.45) is 8.17. The van der Waals surface area contributed by atoms with Crippen LogP contribution in [0.15, 0.2) is 22.7 Å². The molecule has 2 heterocycles. The Morgan fingerprint density at radius 3 is 2.81 bits per heavy atom. The highest BCUT2D eigenvalue weighted by Gasteiger charge is 2.25. The van der Waals surface area contributed by atoms with Gasteiger partial charge < -0.3 is 14.6 Å². The molecule has 1 amide bonds. The summed E-state index contributed by atoms with van der Waals surface area (Å²) in [6.45, 7) is 2.05. The number of ether oxygens (including phenoxy) is 1. The summed E-state index contributed by atoms with van der Waals surface area (Å²) < 4.78 is 11.7. The van der Waals surface area contributed by atoms with Crippen LogP contribution in [0.1, 0.15) is 68.9 Å². The fourth-order valence-corrected chi connectivity index (χ4v) is 3.74. The number of carbonyl (C=O) groups excluding carboxylic acids is 1. The Bertz CT molecular complexity index is 780. The number of nitrogens with zero attached hydrogens (tertiary/aromatic N) is 2. The van der Waals surface area contributed by atoms with Gasteiger partial charge in [-0.05, 0) is 63.1 Å². The minimum Gasteiger partial charge on any atom is -0.490 e. The van der Waals surface area contributed by atoms with Crippen molar-refractivity contribution in [2.24, 2.45) is 0 Å². The van der Waals surface area contributed by atoms with Gasteiger partial charge in [-0.2, -0.15) is 4.98 Å². The minimum atomic E-state index is -0.198. The van der Waals surface area contributed by atoms with Gasteiger partial charge in [-0.1, -0.05) is 17.6 Å². The van der Waals surface area contributed by atoms with Crippen LogP contribution in [-0.2, 0) is 4.79 Å². The van der Waals surface area contributed by atoms with Crippen molar-refractivity contribution in [3.63, 3.8) is 0 Å². The zero-order chi connectivity index (χ0) is 17.9. The van der Waals surface area contributed by atoms with Crippen molar-refractivity contribution < 1.29 is 14.1 Å². The van der Waals surface area contributed by atoms with Crippen molar-refractivity contribution in [3.8, 4) is 17.1 Å². The van der Waals surface area contributed by atoms with E-state index in [2.05, 4.69) is 15.5 Å². The summed E-state index contributed by atoms with van der Waals surface area (Å²) in [4.78, 5) is 16.4. The van der Waals surface area contributed by atoms with Gasteiger partial charge in [0.1, 0.15) is 11.8 Å². The van der Waals surface area contributed by atoms with Crippen molar-refractivity contribution in [1.29, 1.82) is 0 Å². The third-order valence-corrected chi connectivity index (χ3v) is 5.20. The van der Waals surface area contributed by atoms with Crippen LogP contribution in [-0.4, -0.2) is 22.2 Å². The molecule has 1 aromatic heterocycles. The molecule has 0 spiro atoms. The molecule has 0 radical (unpaired) electrons. The molecule has 1 saturated heterocycles. The minimum absolute atomic E-state index is 0.0489. The first kappa shape index (κ1) is 17.1. The maximum Gasteiger partial charge on any atom is 0.249 e. The lowest BCUT2D eigenvalue weighted by atomic mass is 10.1. The molecule has 1 unspecified atom stereocenters. The normalized spacial score (nSPS) is 21.4. The van der Waals surface area contributed by atoms with Crippen LogP contribution in [0.25, 0.3) is 11.4 Å². The fourth-order valence-electron chi connectivity index (χ4n) is 3.74. The monoisotopic (exact) mass is 355 g/mol. The molecule has 6 heteroatoms. The Balaban J connectivity index is 1.59. The summed E-state index contributed by atoms with van der Waals surface area (Å²) in [6, 6.07) is 5.85. The molecule has 0 bridgehead atoms. The highest BCUT2D eigenvalue weighted by molar-refractivity contribution is 5.76. The van der Waals surface area contributed by atoms with Crippen molar-refractivity contribution in [1.82, 2.24) is 15.5 Å². The van der Waals surface area contributed by atoms with Gasteiger partial charge in [0.2, 0.25) is 17.6 Å². The smallest absolute Gasteiger partial charge is 0.249 e. The average molecular weight is 355 g/mol. The summed E-state index contributed by atoms with van der Waals surface area (Å²) in [7, 11) is 0. The van der Waals surface area contributed by atoms with Crippen LogP contribution in [0.2, 0.25) is 0 Å². The fraction of sp³-hybridized carbons (Fsp3) is 0.550. The molecule has 1 aliphatic carbocycles. The van der Waals surface area contributed by atoms with E-state index in [-0.39, 0.29) is 18.1 Å². The van der Waals surface area contributed by atoms with Crippen molar-refractivity contribution in [3.05, 3.63) is 29.7 Å². The van der Waals surface area contributed by atoms with Gasteiger partial charge in [0, 0.05) is 6.42 Å². The summed E-state index contributed by atoms with van der Waals surface area (Å²) >= 11 is 0. The molecule has 2 aromatic rings. The lowest BCUT2D eigenvalue weighted by molar-refractivity contribution is -0.121. The van der Waals surface area contributed by atoms with Gasteiger partial charge in [-0.15, -0.1) is 0 Å². The molecule has 26 heavy (non-hydrogen) atoms. The van der Waals surface area contributed by atoms with Gasteiger partial charge >= 0.3 is 0 Å². The maximum absolute atomic E-state index is 11.8. The number of aryl methyl sites for hydroxylation is 1. The number of hydrogen-bond acceptors (Lipinski definition) is 5. The molecule has 138 valence electrons. The molecule has 2 fully saturated rings. The van der Waals surface area contributed by atoms with Gasteiger partial charge in [-0.25, -0.2) is 0 Å². The molecule has 1 atom stereocenters. The lowest BCUT2D eigenvalue weighted by Gasteiger charge is -2.16. The van der Waals surface area contributed by atoms with E-state index in [0.717, 1.165) is 49.0 Å². The second-order valence-electron chi connectivity index (χ2n) is 7.35. The summed E-state index contributed by atoms with van der Waals surface area (Å²) in [5.41, 5.74) is 1.99. The van der Waals surface area contributed by atoms with E-state index in [4.69, 9.17) is 9.26 Å². The molecule has 6 nitrogen and oxygen atoms in total. The number of benzene rings is 1. The van der Waals surface area contributed by atoms with Crippen LogP contribution in [0.5, 0.6) is 5.75 Å². The Kier molecular flexibility index (Phi) is 4.91. The second kappa shape index (κ2) is 7.48. The number of hydrogen-bond donors (Lipinski definition) is 1. The number of carbonyl (C=O) groups is 1. The predicted octanol–water partition coefficient (Wildman–Crippen LogP) is 4.10. The number of aromatic nitrogens is 2. The maximum atomic E-state index is 11.8. The van der Waals surface area contributed by atoms with E-state index in [0.29, 0.717) is 18.1 Å². The SMILES string of the molecule is Cc1ccc(-c2noc(C3CCCCC(=O)N3)n2)c(OC2CCCC2)c1. The Hall–Kier alpha value is -2.37. The Morgan fingerprint density at radius 1 is 1.15 bits per heavy atom. The largest absolute Gasteiger partial charge is 0.490 e. The summed E-state index contributed by atoms with van der Waals surface area (Å²) in [5, 5.41) is 7.14. The topological polar surface area (TPSA) is 77.3 Å². The predicted molar refractivity (Wildman–Crippen MR) is 96.7 cm³/mol. The Morgan fingerprint density at radius 2 is 1.96 bits per heavy atom. The third-order valence-electron chi connectivity index (χ3n) is 5.20. The molecule has 1 saturated carbocycles. The van der Waals surface area contributed by atoms with Crippen molar-refractivity contribution in [2.75, 3.05) is 0 Å². The van der Waals surface area contributed by atoms with Crippen LogP contribution in [0.3, 0.4) is 0 Å². The standard InChI is InChI=1S/C20H25N3O3/c1-13-10-11-15(17(12-13)25-14-6-2-3-7-14)19-22-20(26-23-19)16-8-4-5-9-18(24)21-16/h10-12,14,16H,2-9H2,1H3,(H,21,24). The van der Waals surface area contributed by atoms with E-state index in [9.17, 15) is 4.79 Å². The zero-order valence-corrected chi connectivity index (χ0v) is 15.2. The van der Waals surface area contributed by atoms with E-state index in [1.165, 1.54) is 12.8 Å². The molecule has 4 rings (SSSR count). The van der Waals surface area contributed by atoms with Crippen LogP contribution in [0, 0.1) is 6.92 Å². The average Bonchev–Trinajstić information content (AvgIpc) is 3.26. The van der Waals surface area contributed by atoms with Crippen LogP contribution < -0.4 is 10.1 Å². The molecule has 2 aliphatic rings. The van der Waals surface area contributed by atoms with Gasteiger partial charge in [0.05, 0.1) is 11.7 Å². The molecule has 1 N–H and O–H groups in total. The first-order chi connectivity index (χ1) is 12.7. The van der Waals surface area contributed by atoms with Gasteiger partial charge in [0.25, 0.3) is 0 Å². The zero-order valence-electron chi connectivity index (χ0n) is 15.2. The van der Waals surface area contributed by atoms with E-state index in [1.807, 2.05) is 25.1 Å². The molecular formula is C20H25N3O3. The number of amides is 1.